The highest BCUT2D eigenvalue weighted by molar-refractivity contribution is 7.91. The van der Waals surface area contributed by atoms with Gasteiger partial charge in [-0.2, -0.15) is 4.31 Å². The highest BCUT2D eigenvalue weighted by Crippen LogP contribution is 2.25. The number of ether oxygens (including phenoxy) is 1. The van der Waals surface area contributed by atoms with E-state index in [1.807, 2.05) is 31.2 Å². The van der Waals surface area contributed by atoms with Crippen molar-refractivity contribution in [2.45, 2.75) is 42.1 Å². The summed E-state index contributed by atoms with van der Waals surface area (Å²) in [6, 6.07) is 22.3. The molecule has 1 aliphatic rings. The zero-order valence-electron chi connectivity index (χ0n) is 21.3. The molecule has 7 nitrogen and oxygen atoms in total. The summed E-state index contributed by atoms with van der Waals surface area (Å²) in [5.41, 5.74) is 1.96. The smallest absolute Gasteiger partial charge is 0.243 e. The summed E-state index contributed by atoms with van der Waals surface area (Å²) in [5.74, 6) is 0.544. The van der Waals surface area contributed by atoms with Crippen molar-refractivity contribution in [3.05, 3.63) is 90.0 Å². The van der Waals surface area contributed by atoms with Crippen LogP contribution in [0.25, 0.3) is 0 Å². The zero-order valence-corrected chi connectivity index (χ0v) is 22.9. The number of hydrogen-bond donors (Lipinski definition) is 0. The van der Waals surface area contributed by atoms with E-state index in [1.54, 1.807) is 61.7 Å². The van der Waals surface area contributed by atoms with E-state index in [2.05, 4.69) is 4.90 Å². The fraction of sp³-hybridized carbons (Fsp3) is 0.357. The zero-order chi connectivity index (χ0) is 26.5. The molecule has 1 fully saturated rings. The van der Waals surface area contributed by atoms with Gasteiger partial charge in [0.1, 0.15) is 5.75 Å². The first-order chi connectivity index (χ1) is 17.7. The van der Waals surface area contributed by atoms with Gasteiger partial charge in [0, 0.05) is 25.7 Å². The van der Waals surface area contributed by atoms with Crippen molar-refractivity contribution >= 4 is 19.9 Å². The maximum Gasteiger partial charge on any atom is 0.243 e. The molecule has 0 saturated carbocycles. The molecule has 1 saturated heterocycles. The number of nitrogens with zero attached hydrogens (tertiary/aromatic N) is 2. The second-order valence-corrected chi connectivity index (χ2v) is 13.4. The van der Waals surface area contributed by atoms with Gasteiger partial charge >= 0.3 is 0 Å². The monoisotopic (exact) mass is 542 g/mol. The Morgan fingerprint density at radius 3 is 2.24 bits per heavy atom. The number of sulfone groups is 1. The lowest BCUT2D eigenvalue weighted by molar-refractivity contribution is 0.154. The average Bonchev–Trinajstić information content (AvgIpc) is 2.88. The van der Waals surface area contributed by atoms with Crippen LogP contribution < -0.4 is 4.74 Å². The minimum Gasteiger partial charge on any atom is -0.497 e. The molecule has 0 aliphatic carbocycles. The third-order valence-corrected chi connectivity index (χ3v) is 10.4. The molecule has 198 valence electrons. The SMILES string of the molecule is COc1cccc(CN2CCCCN(S(=O)(=O)c3ccc(C)cc3)CC2CS(=O)(=O)c2ccccc2)c1. The molecule has 0 N–H and O–H groups in total. The van der Waals surface area contributed by atoms with Gasteiger partial charge < -0.3 is 4.74 Å². The maximum absolute atomic E-state index is 13.6. The summed E-state index contributed by atoms with van der Waals surface area (Å²) in [4.78, 5) is 2.57. The summed E-state index contributed by atoms with van der Waals surface area (Å²) in [6.45, 7) is 3.51. The summed E-state index contributed by atoms with van der Waals surface area (Å²) < 4.78 is 61.0. The predicted molar refractivity (Wildman–Crippen MR) is 145 cm³/mol. The first-order valence-electron chi connectivity index (χ1n) is 12.4. The molecule has 1 unspecified atom stereocenters. The number of hydrogen-bond acceptors (Lipinski definition) is 6. The first-order valence-corrected chi connectivity index (χ1v) is 15.5. The van der Waals surface area contributed by atoms with Crippen LogP contribution in [-0.4, -0.2) is 64.6 Å². The summed E-state index contributed by atoms with van der Waals surface area (Å²) in [7, 11) is -5.83. The molecule has 9 heteroatoms. The average molecular weight is 543 g/mol. The molecule has 3 aromatic carbocycles. The van der Waals surface area contributed by atoms with Gasteiger partial charge in [0.05, 0.1) is 22.7 Å². The third-order valence-electron chi connectivity index (χ3n) is 6.73. The topological polar surface area (TPSA) is 84.0 Å². The van der Waals surface area contributed by atoms with E-state index in [0.717, 1.165) is 23.3 Å². The fourth-order valence-corrected chi connectivity index (χ4v) is 7.76. The lowest BCUT2D eigenvalue weighted by Gasteiger charge is -2.37. The number of benzene rings is 3. The summed E-state index contributed by atoms with van der Waals surface area (Å²) in [6.07, 6.45) is 1.45. The van der Waals surface area contributed by atoms with Crippen molar-refractivity contribution < 1.29 is 21.6 Å². The van der Waals surface area contributed by atoms with Gasteiger partial charge in [-0.15, -0.1) is 0 Å². The van der Waals surface area contributed by atoms with E-state index >= 15 is 0 Å². The Balaban J connectivity index is 1.68. The lowest BCUT2D eigenvalue weighted by Crippen LogP contribution is -2.51. The normalized spacial score (nSPS) is 18.2. The second kappa shape index (κ2) is 11.8. The molecule has 1 aliphatic heterocycles. The van der Waals surface area contributed by atoms with Gasteiger partial charge in [0.15, 0.2) is 9.84 Å². The number of aryl methyl sites for hydroxylation is 1. The molecular formula is C28H34N2O5S2. The standard InChI is InChI=1S/C28H34N2O5S2/c1-23-13-15-28(16-14-23)37(33,34)30-18-7-6-17-29(20-24-9-8-10-26(19-24)35-2)25(21-30)22-36(31,32)27-11-4-3-5-12-27/h3-5,8-16,19,25H,6-7,17-18,20-22H2,1-2H3. The molecule has 0 amide bonds. The Morgan fingerprint density at radius 2 is 1.54 bits per heavy atom. The molecular weight excluding hydrogens is 508 g/mol. The number of rotatable bonds is 8. The van der Waals surface area contributed by atoms with Crippen molar-refractivity contribution in [2.24, 2.45) is 0 Å². The quantitative estimate of drug-likeness (QED) is 0.426. The van der Waals surface area contributed by atoms with E-state index in [4.69, 9.17) is 4.74 Å². The van der Waals surface area contributed by atoms with Crippen LogP contribution >= 0.6 is 0 Å². The molecule has 37 heavy (non-hydrogen) atoms. The number of methoxy groups -OCH3 is 1. The van der Waals surface area contributed by atoms with Gasteiger partial charge in [-0.05, 0) is 68.3 Å². The third kappa shape index (κ3) is 6.78. The molecule has 1 atom stereocenters. The van der Waals surface area contributed by atoms with Crippen LogP contribution in [0.3, 0.4) is 0 Å². The number of sulfonamides is 1. The molecule has 3 aromatic rings. The summed E-state index contributed by atoms with van der Waals surface area (Å²) in [5, 5.41) is 0. The van der Waals surface area contributed by atoms with E-state index in [-0.39, 0.29) is 22.1 Å². The molecule has 0 spiro atoms. The highest BCUT2D eigenvalue weighted by atomic mass is 32.2. The van der Waals surface area contributed by atoms with E-state index < -0.39 is 25.9 Å². The van der Waals surface area contributed by atoms with E-state index in [0.29, 0.717) is 26.1 Å². The molecule has 0 radical (unpaired) electrons. The van der Waals surface area contributed by atoms with Crippen LogP contribution in [-0.2, 0) is 26.4 Å². The van der Waals surface area contributed by atoms with Crippen molar-refractivity contribution in [2.75, 3.05) is 32.5 Å². The van der Waals surface area contributed by atoms with Crippen LogP contribution in [0, 0.1) is 6.92 Å². The maximum atomic E-state index is 13.6. The van der Waals surface area contributed by atoms with Crippen molar-refractivity contribution in [3.63, 3.8) is 0 Å². The lowest BCUT2D eigenvalue weighted by atomic mass is 10.1. The largest absolute Gasteiger partial charge is 0.497 e. The Labute approximate surface area is 220 Å². The van der Waals surface area contributed by atoms with Crippen molar-refractivity contribution in [1.29, 1.82) is 0 Å². The second-order valence-electron chi connectivity index (χ2n) is 9.45. The Bertz CT molecular complexity index is 1390. The Hall–Kier alpha value is -2.72. The molecule has 0 aromatic heterocycles. The minimum atomic E-state index is -3.79. The highest BCUT2D eigenvalue weighted by Gasteiger charge is 2.34. The predicted octanol–water partition coefficient (Wildman–Crippen LogP) is 4.13. The van der Waals surface area contributed by atoms with Crippen LogP contribution in [0.2, 0.25) is 0 Å². The Kier molecular flexibility index (Phi) is 8.69. The molecule has 4 rings (SSSR count). The fourth-order valence-electron chi connectivity index (χ4n) is 4.65. The Morgan fingerprint density at radius 1 is 0.838 bits per heavy atom. The summed E-state index contributed by atoms with van der Waals surface area (Å²) >= 11 is 0. The van der Waals surface area contributed by atoms with Crippen molar-refractivity contribution in [3.8, 4) is 5.75 Å². The van der Waals surface area contributed by atoms with Gasteiger partial charge in [-0.25, -0.2) is 16.8 Å². The van der Waals surface area contributed by atoms with E-state index in [1.165, 1.54) is 4.31 Å². The van der Waals surface area contributed by atoms with Crippen LogP contribution in [0.1, 0.15) is 24.0 Å². The van der Waals surface area contributed by atoms with Crippen molar-refractivity contribution in [1.82, 2.24) is 9.21 Å². The minimum absolute atomic E-state index is 0.0895. The van der Waals surface area contributed by atoms with Gasteiger partial charge in [-0.1, -0.05) is 48.0 Å². The van der Waals surface area contributed by atoms with Gasteiger partial charge in [0.25, 0.3) is 0 Å². The van der Waals surface area contributed by atoms with Crippen LogP contribution in [0.4, 0.5) is 0 Å². The molecule has 1 heterocycles. The van der Waals surface area contributed by atoms with Gasteiger partial charge in [-0.3, -0.25) is 4.90 Å². The molecule has 0 bridgehead atoms. The van der Waals surface area contributed by atoms with E-state index in [9.17, 15) is 16.8 Å². The van der Waals surface area contributed by atoms with Gasteiger partial charge in [0.2, 0.25) is 10.0 Å². The van der Waals surface area contributed by atoms with Crippen LogP contribution in [0.15, 0.2) is 88.7 Å². The van der Waals surface area contributed by atoms with Crippen LogP contribution in [0.5, 0.6) is 5.75 Å². The first kappa shape index (κ1) is 27.3.